The first-order chi connectivity index (χ1) is 14.0. The van der Waals surface area contributed by atoms with E-state index in [1.165, 1.54) is 11.8 Å². The van der Waals surface area contributed by atoms with Crippen molar-refractivity contribution in [1.82, 2.24) is 4.90 Å². The van der Waals surface area contributed by atoms with E-state index >= 15 is 0 Å². The van der Waals surface area contributed by atoms with Crippen LogP contribution in [-0.2, 0) is 22.7 Å². The quantitative estimate of drug-likeness (QED) is 0.513. The zero-order valence-corrected chi connectivity index (χ0v) is 16.2. The Morgan fingerprint density at radius 3 is 1.83 bits per heavy atom. The van der Waals surface area contributed by atoms with Gasteiger partial charge in [-0.15, -0.1) is 0 Å². The highest BCUT2D eigenvalue weighted by Crippen LogP contribution is 2.14. The van der Waals surface area contributed by atoms with Crippen LogP contribution in [0.2, 0.25) is 0 Å². The summed E-state index contributed by atoms with van der Waals surface area (Å²) in [7, 11) is 0. The largest absolute Gasteiger partial charge is 0.326 e. The topological polar surface area (TPSA) is 66.5 Å². The predicted molar refractivity (Wildman–Crippen MR) is 112 cm³/mol. The van der Waals surface area contributed by atoms with Gasteiger partial charge in [-0.1, -0.05) is 72.8 Å². The first kappa shape index (κ1) is 20.0. The fraction of sp³-hybridized carbons (Fsp3) is 0.125. The number of amides is 2. The number of anilines is 1. The fourth-order valence-electron chi connectivity index (χ4n) is 2.95. The summed E-state index contributed by atoms with van der Waals surface area (Å²) < 4.78 is 0. The van der Waals surface area contributed by atoms with Gasteiger partial charge in [0.2, 0.25) is 0 Å². The Morgan fingerprint density at radius 2 is 1.31 bits per heavy atom. The molecule has 0 radical (unpaired) electrons. The van der Waals surface area contributed by atoms with Crippen LogP contribution in [0.5, 0.6) is 0 Å². The van der Waals surface area contributed by atoms with Crippen molar-refractivity contribution in [3.8, 4) is 0 Å². The van der Waals surface area contributed by atoms with Crippen LogP contribution in [0.25, 0.3) is 0 Å². The fourth-order valence-corrected chi connectivity index (χ4v) is 2.95. The van der Waals surface area contributed by atoms with E-state index in [0.717, 1.165) is 11.1 Å². The third kappa shape index (κ3) is 5.62. The van der Waals surface area contributed by atoms with Gasteiger partial charge >= 0.3 is 11.8 Å². The van der Waals surface area contributed by atoms with Gasteiger partial charge in [-0.2, -0.15) is 0 Å². The van der Waals surface area contributed by atoms with Gasteiger partial charge in [0, 0.05) is 24.3 Å². The van der Waals surface area contributed by atoms with Crippen LogP contribution in [0.15, 0.2) is 84.9 Å². The number of hydrogen-bond acceptors (Lipinski definition) is 3. The van der Waals surface area contributed by atoms with Crippen LogP contribution in [0.4, 0.5) is 5.69 Å². The maximum absolute atomic E-state index is 12.9. The maximum Gasteiger partial charge on any atom is 0.313 e. The average molecular weight is 386 g/mol. The summed E-state index contributed by atoms with van der Waals surface area (Å²) in [6, 6.07) is 25.6. The summed E-state index contributed by atoms with van der Waals surface area (Å²) in [6.07, 6.45) is 0. The lowest BCUT2D eigenvalue weighted by atomic mass is 10.1. The first-order valence-electron chi connectivity index (χ1n) is 9.32. The van der Waals surface area contributed by atoms with Gasteiger partial charge in [-0.25, -0.2) is 0 Å². The molecule has 5 heteroatoms. The molecule has 0 aliphatic rings. The van der Waals surface area contributed by atoms with E-state index in [1.807, 2.05) is 60.7 Å². The van der Waals surface area contributed by atoms with Crippen molar-refractivity contribution in [2.45, 2.75) is 20.0 Å². The zero-order valence-electron chi connectivity index (χ0n) is 16.2. The molecule has 0 atom stereocenters. The molecule has 0 bridgehead atoms. The average Bonchev–Trinajstić information content (AvgIpc) is 2.74. The Morgan fingerprint density at radius 1 is 0.759 bits per heavy atom. The molecule has 3 aromatic carbocycles. The molecular formula is C24H22N2O3. The second kappa shape index (κ2) is 9.46. The van der Waals surface area contributed by atoms with Crippen molar-refractivity contribution in [2.24, 2.45) is 0 Å². The van der Waals surface area contributed by atoms with Crippen molar-refractivity contribution < 1.29 is 14.4 Å². The minimum atomic E-state index is -0.738. The maximum atomic E-state index is 12.9. The Kier molecular flexibility index (Phi) is 6.53. The molecule has 5 nitrogen and oxygen atoms in total. The summed E-state index contributed by atoms with van der Waals surface area (Å²) in [5.74, 6) is -1.48. The second-order valence-electron chi connectivity index (χ2n) is 6.72. The van der Waals surface area contributed by atoms with Crippen LogP contribution in [0, 0.1) is 0 Å². The molecule has 0 spiro atoms. The molecule has 0 fully saturated rings. The lowest BCUT2D eigenvalue weighted by molar-refractivity contribution is -0.144. The van der Waals surface area contributed by atoms with E-state index in [4.69, 9.17) is 0 Å². The van der Waals surface area contributed by atoms with E-state index in [1.54, 1.807) is 24.3 Å². The Balaban J connectivity index is 1.78. The van der Waals surface area contributed by atoms with Crippen molar-refractivity contribution in [3.63, 3.8) is 0 Å². The summed E-state index contributed by atoms with van der Waals surface area (Å²) in [5.41, 5.74) is 2.75. The zero-order chi connectivity index (χ0) is 20.6. The third-order valence-corrected chi connectivity index (χ3v) is 4.44. The van der Waals surface area contributed by atoms with E-state index in [0.29, 0.717) is 24.3 Å². The standard InChI is InChI=1S/C24H22N2O3/c1-18(27)21-13-8-14-22(15-21)25-23(28)24(29)26(16-19-9-4-2-5-10-19)17-20-11-6-3-7-12-20/h2-15H,16-17H2,1H3,(H,25,28). The highest BCUT2D eigenvalue weighted by atomic mass is 16.2. The lowest BCUT2D eigenvalue weighted by Gasteiger charge is -2.22. The van der Waals surface area contributed by atoms with Crippen LogP contribution >= 0.6 is 0 Å². The molecule has 0 saturated heterocycles. The lowest BCUT2D eigenvalue weighted by Crippen LogP contribution is -2.39. The van der Waals surface area contributed by atoms with Gasteiger partial charge < -0.3 is 10.2 Å². The summed E-state index contributed by atoms with van der Waals surface area (Å²) in [4.78, 5) is 38.6. The van der Waals surface area contributed by atoms with Crippen molar-refractivity contribution in [1.29, 1.82) is 0 Å². The number of carbonyl (C=O) groups excluding carboxylic acids is 3. The molecule has 0 aliphatic heterocycles. The van der Waals surface area contributed by atoms with Crippen molar-refractivity contribution in [3.05, 3.63) is 102 Å². The summed E-state index contributed by atoms with van der Waals surface area (Å²) in [6.45, 7) is 2.08. The number of ketones is 1. The minimum Gasteiger partial charge on any atom is -0.326 e. The molecular weight excluding hydrogens is 364 g/mol. The molecule has 1 N–H and O–H groups in total. The van der Waals surface area contributed by atoms with Crippen molar-refractivity contribution in [2.75, 3.05) is 5.32 Å². The monoisotopic (exact) mass is 386 g/mol. The Bertz CT molecular complexity index is 959. The highest BCUT2D eigenvalue weighted by Gasteiger charge is 2.22. The van der Waals surface area contributed by atoms with E-state index in [-0.39, 0.29) is 5.78 Å². The van der Waals surface area contributed by atoms with Gasteiger partial charge in [0.15, 0.2) is 5.78 Å². The molecule has 0 aliphatic carbocycles. The van der Waals surface area contributed by atoms with E-state index in [9.17, 15) is 14.4 Å². The summed E-state index contributed by atoms with van der Waals surface area (Å²) >= 11 is 0. The highest BCUT2D eigenvalue weighted by molar-refractivity contribution is 6.39. The van der Waals surface area contributed by atoms with Crippen LogP contribution in [0.3, 0.4) is 0 Å². The van der Waals surface area contributed by atoms with Crippen LogP contribution in [-0.4, -0.2) is 22.5 Å². The minimum absolute atomic E-state index is 0.109. The number of nitrogens with one attached hydrogen (secondary N) is 1. The number of hydrogen-bond donors (Lipinski definition) is 1. The van der Waals surface area contributed by atoms with Crippen molar-refractivity contribution >= 4 is 23.3 Å². The second-order valence-corrected chi connectivity index (χ2v) is 6.72. The number of carbonyl (C=O) groups is 3. The molecule has 3 rings (SSSR count). The number of benzene rings is 3. The van der Waals surface area contributed by atoms with Gasteiger partial charge in [0.05, 0.1) is 0 Å². The molecule has 0 saturated carbocycles. The molecule has 0 aromatic heterocycles. The molecule has 0 heterocycles. The first-order valence-corrected chi connectivity index (χ1v) is 9.32. The molecule has 3 aromatic rings. The van der Waals surface area contributed by atoms with Crippen LogP contribution < -0.4 is 5.32 Å². The number of nitrogens with zero attached hydrogens (tertiary/aromatic N) is 1. The predicted octanol–water partition coefficient (Wildman–Crippen LogP) is 4.06. The molecule has 0 unspecified atom stereocenters. The SMILES string of the molecule is CC(=O)c1cccc(NC(=O)C(=O)N(Cc2ccccc2)Cc2ccccc2)c1. The van der Waals surface area contributed by atoms with E-state index in [2.05, 4.69) is 5.32 Å². The Hall–Kier alpha value is -3.73. The molecule has 29 heavy (non-hydrogen) atoms. The number of rotatable bonds is 6. The Labute approximate surface area is 170 Å². The third-order valence-electron chi connectivity index (χ3n) is 4.44. The van der Waals surface area contributed by atoms with Gasteiger partial charge in [0.1, 0.15) is 0 Å². The normalized spacial score (nSPS) is 10.2. The van der Waals surface area contributed by atoms with Gasteiger partial charge in [-0.05, 0) is 30.2 Å². The van der Waals surface area contributed by atoms with Gasteiger partial charge in [-0.3, -0.25) is 14.4 Å². The molecule has 2 amide bonds. The molecule has 146 valence electrons. The van der Waals surface area contributed by atoms with E-state index < -0.39 is 11.8 Å². The van der Waals surface area contributed by atoms with Crippen LogP contribution in [0.1, 0.15) is 28.4 Å². The van der Waals surface area contributed by atoms with Gasteiger partial charge in [0.25, 0.3) is 0 Å². The summed E-state index contributed by atoms with van der Waals surface area (Å²) in [5, 5.41) is 2.61. The number of Topliss-reactive ketones (excluding diaryl/α,β-unsaturated/α-hetero) is 1. The smallest absolute Gasteiger partial charge is 0.313 e.